The zero-order valence-corrected chi connectivity index (χ0v) is 7.03. The summed E-state index contributed by atoms with van der Waals surface area (Å²) >= 11 is 0. The number of amides is 2. The lowest BCUT2D eigenvalue weighted by molar-refractivity contribution is -0.125. The summed E-state index contributed by atoms with van der Waals surface area (Å²) in [5.41, 5.74) is 6.71. The van der Waals surface area contributed by atoms with Gasteiger partial charge in [-0.25, -0.2) is 10.2 Å². The number of ketones is 2. The fourth-order valence-electron chi connectivity index (χ4n) is 1.02. The van der Waals surface area contributed by atoms with Crippen molar-refractivity contribution >= 4 is 23.3 Å². The van der Waals surface area contributed by atoms with E-state index in [0.29, 0.717) is 0 Å². The molecule has 1 aliphatic carbocycles. The first-order valence-electron chi connectivity index (χ1n) is 3.71. The summed E-state index contributed by atoms with van der Waals surface area (Å²) in [6, 6.07) is -0.854. The molecule has 0 aromatic heterocycles. The van der Waals surface area contributed by atoms with E-state index in [0.717, 1.165) is 0 Å². The summed E-state index contributed by atoms with van der Waals surface area (Å²) in [5.74, 6) is -1.18. The maximum atomic E-state index is 11.2. The summed E-state index contributed by atoms with van der Waals surface area (Å²) in [4.78, 5) is 32.4. The molecule has 0 aliphatic heterocycles. The molecular weight excluding hydrogens is 174 g/mol. The molecule has 0 heterocycles. The van der Waals surface area contributed by atoms with Gasteiger partial charge in [-0.3, -0.25) is 9.59 Å². The van der Waals surface area contributed by atoms with Gasteiger partial charge in [0.1, 0.15) is 11.5 Å². The molecule has 0 spiro atoms. The van der Waals surface area contributed by atoms with Gasteiger partial charge in [-0.2, -0.15) is 5.10 Å². The molecule has 1 unspecified atom stereocenters. The van der Waals surface area contributed by atoms with E-state index in [2.05, 4.69) is 5.10 Å². The van der Waals surface area contributed by atoms with Crippen molar-refractivity contribution in [1.29, 1.82) is 0 Å². The second kappa shape index (κ2) is 3.34. The average Bonchev–Trinajstić information content (AvgIpc) is 2.29. The Morgan fingerprint density at radius 2 is 2.23 bits per heavy atom. The summed E-state index contributed by atoms with van der Waals surface area (Å²) in [5, 5.41) is 3.43. The van der Waals surface area contributed by atoms with Crippen molar-refractivity contribution in [3.05, 3.63) is 0 Å². The Morgan fingerprint density at radius 3 is 2.62 bits per heavy atom. The molecule has 2 amide bonds. The zero-order chi connectivity index (χ0) is 10.0. The van der Waals surface area contributed by atoms with Gasteiger partial charge >= 0.3 is 6.03 Å². The summed E-state index contributed by atoms with van der Waals surface area (Å²) in [6.07, 6.45) is -0.0275. The van der Waals surface area contributed by atoms with Crippen LogP contribution in [0.1, 0.15) is 13.3 Å². The van der Waals surface area contributed by atoms with Crippen LogP contribution in [0.25, 0.3) is 0 Å². The number of nitrogens with zero attached hydrogens (tertiary/aromatic N) is 1. The molecule has 1 aliphatic rings. The van der Waals surface area contributed by atoms with Crippen molar-refractivity contribution in [3.63, 3.8) is 0 Å². The van der Waals surface area contributed by atoms with Gasteiger partial charge in [0.05, 0.1) is 12.3 Å². The van der Waals surface area contributed by atoms with Crippen molar-refractivity contribution in [2.45, 2.75) is 13.3 Å². The lowest BCUT2D eigenvalue weighted by Gasteiger charge is -1.94. The lowest BCUT2D eigenvalue weighted by atomic mass is 10.1. The van der Waals surface area contributed by atoms with Crippen LogP contribution in [0.2, 0.25) is 0 Å². The van der Waals surface area contributed by atoms with Gasteiger partial charge in [-0.15, -0.1) is 0 Å². The van der Waals surface area contributed by atoms with Gasteiger partial charge < -0.3 is 5.73 Å². The first-order valence-corrected chi connectivity index (χ1v) is 3.71. The summed E-state index contributed by atoms with van der Waals surface area (Å²) < 4.78 is 0. The fourth-order valence-corrected chi connectivity index (χ4v) is 1.02. The van der Waals surface area contributed by atoms with Crippen LogP contribution in [-0.2, 0) is 9.59 Å². The molecule has 0 radical (unpaired) electrons. The van der Waals surface area contributed by atoms with Crippen molar-refractivity contribution in [2.24, 2.45) is 16.8 Å². The van der Waals surface area contributed by atoms with E-state index >= 15 is 0 Å². The van der Waals surface area contributed by atoms with E-state index in [1.54, 1.807) is 0 Å². The predicted octanol–water partition coefficient (Wildman–Crippen LogP) is -0.811. The number of nitrogens with two attached hydrogens (primary N) is 1. The molecule has 6 heteroatoms. The van der Waals surface area contributed by atoms with Crippen LogP contribution in [0.3, 0.4) is 0 Å². The number of hydrogen-bond donors (Lipinski definition) is 2. The van der Waals surface area contributed by atoms with Gasteiger partial charge in [-0.05, 0) is 6.92 Å². The van der Waals surface area contributed by atoms with Crippen molar-refractivity contribution in [1.82, 2.24) is 5.43 Å². The minimum atomic E-state index is -0.854. The van der Waals surface area contributed by atoms with Crippen molar-refractivity contribution < 1.29 is 14.4 Å². The van der Waals surface area contributed by atoms with Crippen LogP contribution < -0.4 is 11.2 Å². The van der Waals surface area contributed by atoms with Gasteiger partial charge in [0.2, 0.25) is 0 Å². The normalized spacial score (nSPS) is 25.3. The van der Waals surface area contributed by atoms with E-state index in [1.165, 1.54) is 6.92 Å². The molecule has 0 aromatic carbocycles. The minimum Gasteiger partial charge on any atom is -0.350 e. The highest BCUT2D eigenvalue weighted by Crippen LogP contribution is 2.14. The molecule has 6 nitrogen and oxygen atoms in total. The van der Waals surface area contributed by atoms with Crippen LogP contribution >= 0.6 is 0 Å². The van der Waals surface area contributed by atoms with E-state index in [-0.39, 0.29) is 23.7 Å². The standard InChI is InChI=1S/C7H9N3O3/c1-3-5(11)2-4(6(3)12)9-10-7(8)13/h3H,2H2,1H3,(H3,8,10,13)/b9-4+. The van der Waals surface area contributed by atoms with Gasteiger partial charge in [0, 0.05) is 0 Å². The molecule has 3 N–H and O–H groups in total. The Kier molecular flexibility index (Phi) is 2.41. The molecular formula is C7H9N3O3. The Bertz CT molecular complexity index is 308. The van der Waals surface area contributed by atoms with E-state index in [4.69, 9.17) is 5.73 Å². The molecule has 1 fully saturated rings. The first-order chi connectivity index (χ1) is 6.02. The number of nitrogens with one attached hydrogen (secondary N) is 1. The van der Waals surface area contributed by atoms with Gasteiger partial charge in [0.25, 0.3) is 0 Å². The molecule has 0 saturated heterocycles. The smallest absolute Gasteiger partial charge is 0.332 e. The number of hydrazone groups is 1. The van der Waals surface area contributed by atoms with E-state index < -0.39 is 11.9 Å². The molecule has 1 atom stereocenters. The highest BCUT2D eigenvalue weighted by molar-refractivity contribution is 6.51. The molecule has 0 aromatic rings. The number of carbonyl (C=O) groups excluding carboxylic acids is 3. The number of rotatable bonds is 1. The number of urea groups is 1. The van der Waals surface area contributed by atoms with E-state index in [1.807, 2.05) is 5.43 Å². The highest BCUT2D eigenvalue weighted by Gasteiger charge is 2.34. The predicted molar refractivity (Wildman–Crippen MR) is 43.9 cm³/mol. The number of Topliss-reactive ketones (excluding diaryl/α,β-unsaturated/α-hetero) is 2. The maximum absolute atomic E-state index is 11.2. The second-order valence-electron chi connectivity index (χ2n) is 2.76. The number of carbonyl (C=O) groups is 3. The summed E-state index contributed by atoms with van der Waals surface area (Å²) in [6.45, 7) is 1.51. The first kappa shape index (κ1) is 9.37. The molecule has 70 valence electrons. The molecule has 1 rings (SSSR count). The molecule has 0 bridgehead atoms. The topological polar surface area (TPSA) is 102 Å². The third kappa shape index (κ3) is 1.90. The fraction of sp³-hybridized carbons (Fsp3) is 0.429. The van der Waals surface area contributed by atoms with Gasteiger partial charge in [0.15, 0.2) is 5.78 Å². The highest BCUT2D eigenvalue weighted by atomic mass is 16.2. The van der Waals surface area contributed by atoms with E-state index in [9.17, 15) is 14.4 Å². The quantitative estimate of drug-likeness (QED) is 0.410. The third-order valence-corrected chi connectivity index (χ3v) is 1.80. The Labute approximate surface area is 74.2 Å². The SMILES string of the molecule is CC1C(=O)C/C(=N\NC(N)=O)C1=O. The number of hydrogen-bond acceptors (Lipinski definition) is 4. The monoisotopic (exact) mass is 183 g/mol. The maximum Gasteiger partial charge on any atom is 0.332 e. The lowest BCUT2D eigenvalue weighted by Crippen LogP contribution is -2.27. The van der Waals surface area contributed by atoms with Crippen molar-refractivity contribution in [2.75, 3.05) is 0 Å². The number of primary amides is 1. The molecule has 13 heavy (non-hydrogen) atoms. The Hall–Kier alpha value is -1.72. The van der Waals surface area contributed by atoms with Crippen LogP contribution in [0.15, 0.2) is 5.10 Å². The average molecular weight is 183 g/mol. The second-order valence-corrected chi connectivity index (χ2v) is 2.76. The minimum absolute atomic E-state index is 0.0275. The van der Waals surface area contributed by atoms with Crippen LogP contribution in [0.5, 0.6) is 0 Å². The van der Waals surface area contributed by atoms with Crippen LogP contribution in [0, 0.1) is 5.92 Å². The zero-order valence-electron chi connectivity index (χ0n) is 7.03. The summed E-state index contributed by atoms with van der Waals surface area (Å²) in [7, 11) is 0. The molecule has 1 saturated carbocycles. The Morgan fingerprint density at radius 1 is 1.62 bits per heavy atom. The van der Waals surface area contributed by atoms with Crippen LogP contribution in [0.4, 0.5) is 4.79 Å². The van der Waals surface area contributed by atoms with Crippen LogP contribution in [-0.4, -0.2) is 23.3 Å². The Balaban J connectivity index is 2.74. The van der Waals surface area contributed by atoms with Gasteiger partial charge in [-0.1, -0.05) is 0 Å². The van der Waals surface area contributed by atoms with Crippen molar-refractivity contribution in [3.8, 4) is 0 Å². The largest absolute Gasteiger partial charge is 0.350 e. The third-order valence-electron chi connectivity index (χ3n) is 1.80.